The smallest absolute Gasteiger partial charge is 0.326 e. The number of amides is 1. The molecule has 1 aliphatic rings. The van der Waals surface area contributed by atoms with E-state index in [4.69, 9.17) is 10.8 Å². The van der Waals surface area contributed by atoms with Crippen LogP contribution in [0, 0.1) is 0 Å². The molecule has 1 aliphatic heterocycles. The Labute approximate surface area is 98.1 Å². The standard InChI is InChI=1S/C11H13N3O3/c12-9(15)7-3-1-5-13-10(7)14-6-2-4-8(14)11(16)17/h1,3,5,8H,2,4,6H2,(H2,12,15)(H,16,17). The van der Waals surface area contributed by atoms with E-state index in [0.29, 0.717) is 18.8 Å². The highest BCUT2D eigenvalue weighted by Crippen LogP contribution is 2.26. The van der Waals surface area contributed by atoms with Crippen molar-refractivity contribution in [3.8, 4) is 0 Å². The Balaban J connectivity index is 2.39. The molecule has 0 saturated carbocycles. The molecule has 6 nitrogen and oxygen atoms in total. The van der Waals surface area contributed by atoms with Crippen molar-refractivity contribution in [1.29, 1.82) is 0 Å². The third-order valence-corrected chi connectivity index (χ3v) is 2.86. The number of carbonyl (C=O) groups excluding carboxylic acids is 1. The van der Waals surface area contributed by atoms with Crippen LogP contribution in [0.2, 0.25) is 0 Å². The molecule has 0 bridgehead atoms. The maximum Gasteiger partial charge on any atom is 0.326 e. The Morgan fingerprint density at radius 3 is 2.94 bits per heavy atom. The van der Waals surface area contributed by atoms with Gasteiger partial charge in [0.05, 0.1) is 5.56 Å². The summed E-state index contributed by atoms with van der Waals surface area (Å²) in [5.41, 5.74) is 5.52. The van der Waals surface area contributed by atoms with Gasteiger partial charge in [0.2, 0.25) is 0 Å². The molecule has 6 heteroatoms. The number of carboxylic acids is 1. The summed E-state index contributed by atoms with van der Waals surface area (Å²) in [5.74, 6) is -1.13. The number of carboxylic acid groups (broad SMARTS) is 1. The van der Waals surface area contributed by atoms with Gasteiger partial charge in [-0.1, -0.05) is 0 Å². The number of nitrogens with zero attached hydrogens (tertiary/aromatic N) is 2. The lowest BCUT2D eigenvalue weighted by atomic mass is 10.2. The van der Waals surface area contributed by atoms with Gasteiger partial charge in [-0.15, -0.1) is 0 Å². The number of pyridine rings is 1. The van der Waals surface area contributed by atoms with Crippen LogP contribution in [-0.4, -0.2) is 34.6 Å². The number of hydrogen-bond donors (Lipinski definition) is 2. The van der Waals surface area contributed by atoms with Crippen molar-refractivity contribution in [3.63, 3.8) is 0 Å². The number of anilines is 1. The van der Waals surface area contributed by atoms with Gasteiger partial charge < -0.3 is 15.7 Å². The number of aliphatic carboxylic acids is 1. The van der Waals surface area contributed by atoms with E-state index in [1.54, 1.807) is 17.0 Å². The van der Waals surface area contributed by atoms with Gasteiger partial charge in [-0.2, -0.15) is 0 Å². The van der Waals surface area contributed by atoms with E-state index < -0.39 is 17.9 Å². The summed E-state index contributed by atoms with van der Waals surface area (Å²) in [4.78, 5) is 28.0. The fraction of sp³-hybridized carbons (Fsp3) is 0.364. The molecule has 0 aromatic carbocycles. The average Bonchev–Trinajstić information content (AvgIpc) is 2.77. The van der Waals surface area contributed by atoms with Crippen LogP contribution in [0.4, 0.5) is 5.82 Å². The SMILES string of the molecule is NC(=O)c1cccnc1N1CCCC1C(=O)O. The average molecular weight is 235 g/mol. The summed E-state index contributed by atoms with van der Waals surface area (Å²) >= 11 is 0. The molecule has 0 spiro atoms. The molecule has 2 heterocycles. The van der Waals surface area contributed by atoms with Gasteiger partial charge in [0.25, 0.3) is 5.91 Å². The number of hydrogen-bond acceptors (Lipinski definition) is 4. The van der Waals surface area contributed by atoms with Crippen LogP contribution in [0.1, 0.15) is 23.2 Å². The minimum atomic E-state index is -0.899. The highest BCUT2D eigenvalue weighted by molar-refractivity contribution is 5.98. The predicted octanol–water partition coefficient (Wildman–Crippen LogP) is 0.234. The second-order valence-electron chi connectivity index (χ2n) is 3.93. The van der Waals surface area contributed by atoms with Gasteiger partial charge >= 0.3 is 5.97 Å². The lowest BCUT2D eigenvalue weighted by Crippen LogP contribution is -2.37. The van der Waals surface area contributed by atoms with Crippen molar-refractivity contribution in [2.24, 2.45) is 5.73 Å². The van der Waals surface area contributed by atoms with E-state index in [9.17, 15) is 9.59 Å². The molecular formula is C11H13N3O3. The van der Waals surface area contributed by atoms with Crippen molar-refractivity contribution >= 4 is 17.7 Å². The van der Waals surface area contributed by atoms with Crippen LogP contribution in [0.5, 0.6) is 0 Å². The molecule has 17 heavy (non-hydrogen) atoms. The predicted molar refractivity (Wildman–Crippen MR) is 60.8 cm³/mol. The summed E-state index contributed by atoms with van der Waals surface area (Å²) in [6.07, 6.45) is 2.86. The van der Waals surface area contributed by atoms with E-state index in [1.807, 2.05) is 0 Å². The number of nitrogens with two attached hydrogens (primary N) is 1. The van der Waals surface area contributed by atoms with Gasteiger partial charge in [0, 0.05) is 12.7 Å². The Kier molecular flexibility index (Phi) is 2.95. The summed E-state index contributed by atoms with van der Waals surface area (Å²) in [5, 5.41) is 9.09. The van der Waals surface area contributed by atoms with E-state index in [0.717, 1.165) is 6.42 Å². The molecule has 3 N–H and O–H groups in total. The highest BCUT2D eigenvalue weighted by atomic mass is 16.4. The lowest BCUT2D eigenvalue weighted by molar-refractivity contribution is -0.138. The molecule has 1 aromatic rings. The maximum absolute atomic E-state index is 11.3. The van der Waals surface area contributed by atoms with Gasteiger partial charge in [-0.3, -0.25) is 4.79 Å². The van der Waals surface area contributed by atoms with Crippen LogP contribution in [0.15, 0.2) is 18.3 Å². The minimum Gasteiger partial charge on any atom is -0.480 e. The van der Waals surface area contributed by atoms with Crippen molar-refractivity contribution in [2.45, 2.75) is 18.9 Å². The fourth-order valence-corrected chi connectivity index (χ4v) is 2.10. The number of carbonyl (C=O) groups is 2. The molecule has 1 saturated heterocycles. The van der Waals surface area contributed by atoms with Crippen molar-refractivity contribution in [2.75, 3.05) is 11.4 Å². The Morgan fingerprint density at radius 2 is 2.29 bits per heavy atom. The molecule has 1 fully saturated rings. The van der Waals surface area contributed by atoms with E-state index in [1.165, 1.54) is 6.20 Å². The van der Waals surface area contributed by atoms with Crippen molar-refractivity contribution < 1.29 is 14.7 Å². The van der Waals surface area contributed by atoms with Crippen molar-refractivity contribution in [3.05, 3.63) is 23.9 Å². The molecule has 1 aromatic heterocycles. The molecule has 1 unspecified atom stereocenters. The first kappa shape index (κ1) is 11.4. The van der Waals surface area contributed by atoms with Crippen LogP contribution >= 0.6 is 0 Å². The van der Waals surface area contributed by atoms with Crippen LogP contribution < -0.4 is 10.6 Å². The molecule has 90 valence electrons. The molecule has 0 radical (unpaired) electrons. The molecular weight excluding hydrogens is 222 g/mol. The highest BCUT2D eigenvalue weighted by Gasteiger charge is 2.33. The number of primary amides is 1. The third kappa shape index (κ3) is 2.06. The third-order valence-electron chi connectivity index (χ3n) is 2.86. The molecule has 2 rings (SSSR count). The second-order valence-corrected chi connectivity index (χ2v) is 3.93. The second kappa shape index (κ2) is 4.40. The number of aromatic nitrogens is 1. The van der Waals surface area contributed by atoms with Gasteiger partial charge in [0.1, 0.15) is 11.9 Å². The monoisotopic (exact) mass is 235 g/mol. The zero-order valence-electron chi connectivity index (χ0n) is 9.17. The first-order valence-electron chi connectivity index (χ1n) is 5.35. The van der Waals surface area contributed by atoms with Gasteiger partial charge in [0.15, 0.2) is 0 Å². The summed E-state index contributed by atoms with van der Waals surface area (Å²) in [6, 6.07) is 2.54. The van der Waals surface area contributed by atoms with E-state index in [2.05, 4.69) is 4.98 Å². The largest absolute Gasteiger partial charge is 0.480 e. The van der Waals surface area contributed by atoms with Crippen LogP contribution in [0.25, 0.3) is 0 Å². The fourth-order valence-electron chi connectivity index (χ4n) is 2.10. The topological polar surface area (TPSA) is 96.5 Å². The lowest BCUT2D eigenvalue weighted by Gasteiger charge is -2.23. The minimum absolute atomic E-state index is 0.264. The Hall–Kier alpha value is -2.11. The van der Waals surface area contributed by atoms with E-state index >= 15 is 0 Å². The zero-order valence-corrected chi connectivity index (χ0v) is 9.17. The quantitative estimate of drug-likeness (QED) is 0.781. The first-order chi connectivity index (χ1) is 8.11. The first-order valence-corrected chi connectivity index (χ1v) is 5.35. The van der Waals surface area contributed by atoms with Crippen molar-refractivity contribution in [1.82, 2.24) is 4.98 Å². The van der Waals surface area contributed by atoms with E-state index in [-0.39, 0.29) is 5.56 Å². The van der Waals surface area contributed by atoms with Gasteiger partial charge in [-0.05, 0) is 25.0 Å². The maximum atomic E-state index is 11.3. The molecule has 0 aliphatic carbocycles. The Bertz CT molecular complexity index is 461. The summed E-state index contributed by atoms with van der Waals surface area (Å²) in [7, 11) is 0. The molecule has 1 atom stereocenters. The molecule has 1 amide bonds. The summed E-state index contributed by atoms with van der Waals surface area (Å²) in [6.45, 7) is 0.578. The zero-order chi connectivity index (χ0) is 12.4. The number of rotatable bonds is 3. The van der Waals surface area contributed by atoms with Crippen LogP contribution in [-0.2, 0) is 4.79 Å². The Morgan fingerprint density at radius 1 is 1.53 bits per heavy atom. The summed E-state index contributed by atoms with van der Waals surface area (Å²) < 4.78 is 0. The van der Waals surface area contributed by atoms with Crippen LogP contribution in [0.3, 0.4) is 0 Å². The van der Waals surface area contributed by atoms with Gasteiger partial charge in [-0.25, -0.2) is 9.78 Å². The normalized spacial score (nSPS) is 19.3.